The molecule has 134 valence electrons. The Balaban J connectivity index is 2.35. The van der Waals surface area contributed by atoms with Crippen molar-refractivity contribution in [2.75, 3.05) is 0 Å². The zero-order valence-corrected chi connectivity index (χ0v) is 17.1. The van der Waals surface area contributed by atoms with Gasteiger partial charge in [0.05, 0.1) is 13.7 Å². The summed E-state index contributed by atoms with van der Waals surface area (Å²) in [5, 5.41) is 12.9. The van der Waals surface area contributed by atoms with Gasteiger partial charge in [0.1, 0.15) is 0 Å². The van der Waals surface area contributed by atoms with Gasteiger partial charge in [0.25, 0.3) is 0 Å². The average Bonchev–Trinajstić information content (AvgIpc) is 3.10. The van der Waals surface area contributed by atoms with Crippen LogP contribution in [-0.4, -0.2) is 13.2 Å². The Morgan fingerprint density at radius 2 is 1.62 bits per heavy atom. The van der Waals surface area contributed by atoms with Gasteiger partial charge in [-0.3, -0.25) is 0 Å². The molecule has 0 amide bonds. The lowest BCUT2D eigenvalue weighted by molar-refractivity contribution is 0.0588. The molecule has 1 unspecified atom stereocenters. The molecule has 0 spiro atoms. The summed E-state index contributed by atoms with van der Waals surface area (Å²) in [6.07, 6.45) is 8.88. The molecule has 1 fully saturated rings. The monoisotopic (exact) mass is 344 g/mol. The molecule has 1 aromatic rings. The molecule has 1 saturated carbocycles. The molecule has 1 atom stereocenters. The third kappa shape index (κ3) is 4.40. The predicted octanol–water partition coefficient (Wildman–Crippen LogP) is 6.45. The van der Waals surface area contributed by atoms with Crippen molar-refractivity contribution in [3.63, 3.8) is 0 Å². The first-order valence-electron chi connectivity index (χ1n) is 9.96. The molecule has 2 heteroatoms. The van der Waals surface area contributed by atoms with Crippen molar-refractivity contribution in [1.29, 1.82) is 0 Å². The Hall–Kier alpha value is -0.863. The minimum absolute atomic E-state index is 0.753. The van der Waals surface area contributed by atoms with Crippen molar-refractivity contribution in [3.8, 4) is 0 Å². The van der Waals surface area contributed by atoms with Crippen LogP contribution in [-0.2, 0) is 5.60 Å². The molecule has 1 N–H and O–H groups in total. The van der Waals surface area contributed by atoms with E-state index in [4.69, 9.17) is 0 Å². The minimum Gasteiger partial charge on any atom is -0.385 e. The van der Waals surface area contributed by atoms with Crippen LogP contribution >= 0.6 is 0 Å². The molecule has 0 aromatic heterocycles. The van der Waals surface area contributed by atoms with Gasteiger partial charge >= 0.3 is 0 Å². The Morgan fingerprint density at radius 1 is 1.08 bits per heavy atom. The summed E-state index contributed by atoms with van der Waals surface area (Å²) in [5.74, 6) is 0.753. The van der Waals surface area contributed by atoms with E-state index in [-0.39, 0.29) is 0 Å². The largest absolute Gasteiger partial charge is 0.385 e. The van der Waals surface area contributed by atoms with E-state index in [2.05, 4.69) is 39.0 Å². The second kappa shape index (κ2) is 8.49. The molecule has 0 saturated heterocycles. The number of rotatable bonds is 8. The SMILES string of the molecule is CC[Si](CC)(CC)/C(=C/C1CCCC1)CC(C)(O)c1ccccc1. The number of hydrogen-bond acceptors (Lipinski definition) is 1. The smallest absolute Gasteiger partial charge is 0.0901 e. The third-order valence-corrected chi connectivity index (χ3v) is 12.2. The summed E-state index contributed by atoms with van der Waals surface area (Å²) in [5.41, 5.74) is 0.289. The van der Waals surface area contributed by atoms with Crippen molar-refractivity contribution < 1.29 is 5.11 Å². The number of aliphatic hydroxyl groups is 1. The summed E-state index contributed by atoms with van der Waals surface area (Å²) in [6, 6.07) is 14.1. The molecule has 1 aliphatic rings. The van der Waals surface area contributed by atoms with Gasteiger partial charge in [-0.15, -0.1) is 0 Å². The standard InChI is InChI=1S/C22H36OSi/c1-5-24(6-2,7-3)21(17-19-13-11-12-14-19)18-22(4,23)20-15-9-8-10-16-20/h8-10,15-17,19,23H,5-7,11-14,18H2,1-4H3/b21-17+. The van der Waals surface area contributed by atoms with E-state index in [0.29, 0.717) is 0 Å². The maximum atomic E-state index is 11.3. The molecule has 0 bridgehead atoms. The fraction of sp³-hybridized carbons (Fsp3) is 0.636. The second-order valence-electron chi connectivity index (χ2n) is 7.89. The number of hydrogen-bond donors (Lipinski definition) is 1. The number of benzene rings is 1. The second-order valence-corrected chi connectivity index (χ2v) is 13.2. The summed E-state index contributed by atoms with van der Waals surface area (Å²) in [4.78, 5) is 0. The lowest BCUT2D eigenvalue weighted by atomic mass is 9.91. The Kier molecular flexibility index (Phi) is 6.88. The van der Waals surface area contributed by atoms with E-state index in [1.54, 1.807) is 5.20 Å². The van der Waals surface area contributed by atoms with Crippen LogP contribution in [0.1, 0.15) is 65.4 Å². The summed E-state index contributed by atoms with van der Waals surface area (Å²) in [6.45, 7) is 9.13. The first kappa shape index (κ1) is 19.5. The van der Waals surface area contributed by atoms with Crippen molar-refractivity contribution in [2.24, 2.45) is 5.92 Å². The highest BCUT2D eigenvalue weighted by Gasteiger charge is 2.36. The maximum Gasteiger partial charge on any atom is 0.0901 e. The highest BCUT2D eigenvalue weighted by Crippen LogP contribution is 2.39. The lowest BCUT2D eigenvalue weighted by Gasteiger charge is -2.37. The normalized spacial score (nSPS) is 19.5. The first-order valence-corrected chi connectivity index (χ1v) is 12.6. The minimum atomic E-state index is -1.46. The molecular weight excluding hydrogens is 308 g/mol. The molecule has 24 heavy (non-hydrogen) atoms. The van der Waals surface area contributed by atoms with Crippen LogP contribution in [0.15, 0.2) is 41.6 Å². The van der Waals surface area contributed by atoms with Crippen molar-refractivity contribution in [1.82, 2.24) is 0 Å². The van der Waals surface area contributed by atoms with Gasteiger partial charge in [0.2, 0.25) is 0 Å². The lowest BCUT2D eigenvalue weighted by Crippen LogP contribution is -2.38. The number of allylic oxidation sites excluding steroid dienone is 1. The van der Waals surface area contributed by atoms with Crippen LogP contribution in [0.25, 0.3) is 0 Å². The topological polar surface area (TPSA) is 20.2 Å². The zero-order chi connectivity index (χ0) is 17.6. The van der Waals surface area contributed by atoms with Gasteiger partial charge in [-0.1, -0.05) is 93.3 Å². The van der Waals surface area contributed by atoms with E-state index in [0.717, 1.165) is 17.9 Å². The van der Waals surface area contributed by atoms with E-state index in [1.807, 2.05) is 25.1 Å². The van der Waals surface area contributed by atoms with Crippen LogP contribution in [0.3, 0.4) is 0 Å². The van der Waals surface area contributed by atoms with E-state index in [1.165, 1.54) is 43.8 Å². The van der Waals surface area contributed by atoms with Gasteiger partial charge in [0.15, 0.2) is 0 Å². The molecule has 1 aliphatic carbocycles. The van der Waals surface area contributed by atoms with Gasteiger partial charge < -0.3 is 5.11 Å². The van der Waals surface area contributed by atoms with Crippen molar-refractivity contribution in [2.45, 2.75) is 83.5 Å². The van der Waals surface area contributed by atoms with Gasteiger partial charge in [0, 0.05) is 0 Å². The van der Waals surface area contributed by atoms with Crippen LogP contribution < -0.4 is 0 Å². The fourth-order valence-electron chi connectivity index (χ4n) is 4.53. The quantitative estimate of drug-likeness (QED) is 0.537. The third-order valence-electron chi connectivity index (χ3n) is 6.48. The first-order chi connectivity index (χ1) is 11.5. The Morgan fingerprint density at radius 3 is 2.12 bits per heavy atom. The molecule has 2 rings (SSSR count). The summed E-state index contributed by atoms with van der Waals surface area (Å²) in [7, 11) is -1.46. The average molecular weight is 345 g/mol. The summed E-state index contributed by atoms with van der Waals surface area (Å²) < 4.78 is 0. The van der Waals surface area contributed by atoms with Gasteiger partial charge in [-0.25, -0.2) is 0 Å². The molecule has 0 aliphatic heterocycles. The fourth-order valence-corrected chi connectivity index (χ4v) is 8.70. The van der Waals surface area contributed by atoms with Gasteiger partial charge in [-0.2, -0.15) is 0 Å². The van der Waals surface area contributed by atoms with Crippen molar-refractivity contribution in [3.05, 3.63) is 47.2 Å². The van der Waals surface area contributed by atoms with Crippen LogP contribution in [0.4, 0.5) is 0 Å². The highest BCUT2D eigenvalue weighted by molar-refractivity contribution is 6.86. The zero-order valence-electron chi connectivity index (χ0n) is 16.1. The van der Waals surface area contributed by atoms with E-state index in [9.17, 15) is 5.11 Å². The Labute approximate surface area is 150 Å². The molecule has 1 aromatic carbocycles. The van der Waals surface area contributed by atoms with Crippen LogP contribution in [0.2, 0.25) is 18.1 Å². The Bertz CT molecular complexity index is 514. The molecule has 1 nitrogen and oxygen atoms in total. The van der Waals surface area contributed by atoms with Crippen molar-refractivity contribution >= 4 is 8.07 Å². The molecule has 0 radical (unpaired) electrons. The summed E-state index contributed by atoms with van der Waals surface area (Å²) >= 11 is 0. The molecular formula is C22H36OSi. The van der Waals surface area contributed by atoms with Crippen LogP contribution in [0, 0.1) is 5.92 Å². The molecule has 0 heterocycles. The maximum absolute atomic E-state index is 11.3. The van der Waals surface area contributed by atoms with Crippen LogP contribution in [0.5, 0.6) is 0 Å². The van der Waals surface area contributed by atoms with E-state index >= 15 is 0 Å². The highest BCUT2D eigenvalue weighted by atomic mass is 28.3. The van der Waals surface area contributed by atoms with E-state index < -0.39 is 13.7 Å². The predicted molar refractivity (Wildman–Crippen MR) is 108 cm³/mol. The van der Waals surface area contributed by atoms with Gasteiger partial charge in [-0.05, 0) is 37.7 Å².